The van der Waals surface area contributed by atoms with Gasteiger partial charge in [0.2, 0.25) is 11.3 Å². The Balaban J connectivity index is 1.53. The molecule has 3 atom stereocenters. The number of hydrogen-bond acceptors (Lipinski definition) is 13. The third-order valence-electron chi connectivity index (χ3n) is 5.97. The number of phenolic OH excluding ortho intramolecular Hbond substituents is 1. The zero-order valence-corrected chi connectivity index (χ0v) is 26.0. The predicted octanol–water partition coefficient (Wildman–Crippen LogP) is 1.55. The molecular formula is C25H28ClN7O8S2. The van der Waals surface area contributed by atoms with E-state index in [1.54, 1.807) is 27.8 Å². The van der Waals surface area contributed by atoms with Gasteiger partial charge in [0, 0.05) is 24.1 Å². The first-order valence-corrected chi connectivity index (χ1v) is 15.1. The Labute approximate surface area is 259 Å². The Morgan fingerprint density at radius 1 is 1.33 bits per heavy atom. The summed E-state index contributed by atoms with van der Waals surface area (Å²) < 4.78 is 6.72. The molecule has 2 amide bonds. The molecule has 0 aliphatic carbocycles. The number of carbonyl (C=O) groups excluding carboxylic acids is 3. The van der Waals surface area contributed by atoms with Gasteiger partial charge in [-0.1, -0.05) is 28.5 Å². The number of ether oxygens (including phenoxy) is 1. The number of aliphatic carboxylic acids is 1. The zero-order chi connectivity index (χ0) is 31.6. The number of nitrogens with zero attached hydrogens (tertiary/aromatic N) is 6. The van der Waals surface area contributed by atoms with Crippen LogP contribution in [0.2, 0.25) is 5.02 Å². The normalized spacial score (nSPS) is 19.3. The Hall–Kier alpha value is -3.83. The molecule has 0 spiro atoms. The second-order valence-electron chi connectivity index (χ2n) is 10.4. The van der Waals surface area contributed by atoms with Crippen LogP contribution in [0.25, 0.3) is 0 Å². The molecule has 4 rings (SSSR count). The first kappa shape index (κ1) is 32.1. The maximum Gasteiger partial charge on any atom is 0.352 e. The highest BCUT2D eigenvalue weighted by molar-refractivity contribution is 8.01. The molecule has 2 aliphatic heterocycles. The Kier molecular flexibility index (Phi) is 9.56. The lowest BCUT2D eigenvalue weighted by Crippen LogP contribution is -2.71. The quantitative estimate of drug-likeness (QED) is 0.110. The summed E-state index contributed by atoms with van der Waals surface area (Å²) in [7, 11) is 1.65. The largest absolute Gasteiger partial charge is 0.506 e. The number of aryl methyl sites for hydroxylation is 1. The van der Waals surface area contributed by atoms with Crippen LogP contribution >= 0.6 is 35.1 Å². The molecule has 15 nitrogen and oxygen atoms in total. The first-order chi connectivity index (χ1) is 20.2. The number of carbonyl (C=O) groups is 4. The van der Waals surface area contributed by atoms with Crippen molar-refractivity contribution in [3.63, 3.8) is 0 Å². The number of halogens is 1. The topological polar surface area (TPSA) is 198 Å². The summed E-state index contributed by atoms with van der Waals surface area (Å²) in [5, 5.41) is 37.1. The maximum atomic E-state index is 13.4. The minimum Gasteiger partial charge on any atom is -0.506 e. The van der Waals surface area contributed by atoms with Crippen LogP contribution in [0.15, 0.2) is 39.8 Å². The van der Waals surface area contributed by atoms with Crippen molar-refractivity contribution < 1.29 is 39.0 Å². The highest BCUT2D eigenvalue weighted by atomic mass is 35.5. The van der Waals surface area contributed by atoms with Gasteiger partial charge in [0.25, 0.3) is 11.8 Å². The number of phenols is 1. The zero-order valence-electron chi connectivity index (χ0n) is 23.6. The van der Waals surface area contributed by atoms with Crippen LogP contribution in [0.3, 0.4) is 0 Å². The minimum absolute atomic E-state index is 0.0781. The van der Waals surface area contributed by atoms with Crippen LogP contribution in [0.4, 0.5) is 0 Å². The Bertz CT molecular complexity index is 1520. The van der Waals surface area contributed by atoms with Crippen LogP contribution in [-0.4, -0.2) is 99.4 Å². The molecule has 3 N–H and O–H groups in total. The number of esters is 1. The Morgan fingerprint density at radius 2 is 2.05 bits per heavy atom. The van der Waals surface area contributed by atoms with Crippen molar-refractivity contribution in [2.75, 3.05) is 11.5 Å². The average Bonchev–Trinajstić information content (AvgIpc) is 3.34. The van der Waals surface area contributed by atoms with Crippen molar-refractivity contribution in [2.24, 2.45) is 12.2 Å². The smallest absolute Gasteiger partial charge is 0.352 e. The lowest BCUT2D eigenvalue weighted by atomic mass is 10.0. The number of nitrogens with one attached hydrogen (secondary N) is 1. The molecule has 230 valence electrons. The first-order valence-electron chi connectivity index (χ1n) is 12.7. The molecule has 0 bridgehead atoms. The molecule has 1 saturated heterocycles. The lowest BCUT2D eigenvalue weighted by molar-refractivity contribution is -0.167. The van der Waals surface area contributed by atoms with E-state index in [-0.39, 0.29) is 39.3 Å². The summed E-state index contributed by atoms with van der Waals surface area (Å²) in [6.07, 6.45) is -1.19. The van der Waals surface area contributed by atoms with Gasteiger partial charge < -0.3 is 25.1 Å². The molecule has 2 aromatic rings. The fraction of sp³-hybridized carbons (Fsp3) is 0.440. The number of aromatic nitrogens is 4. The molecule has 1 aromatic heterocycles. The van der Waals surface area contributed by atoms with Gasteiger partial charge in [0.15, 0.2) is 5.71 Å². The highest BCUT2D eigenvalue weighted by Crippen LogP contribution is 2.41. The standard InChI is InChI=1S/C25H28ClN7O8S2/c1-11(23(39)40-25(2,3)4)41-29-16(12-6-7-15(34)14(26)8-12)19(35)27-17-20(36)33-18(22(37)38)13(9-42-21(17)33)10-43-24-28-30-31-32(24)5/h6-8,11,17,21,34H,9-10H2,1-5H3,(H,27,35)(H,37,38)/b29-16+. The second kappa shape index (κ2) is 12.8. The second-order valence-corrected chi connectivity index (χ2v) is 12.8. The number of rotatable bonds is 10. The van der Waals surface area contributed by atoms with Crippen molar-refractivity contribution in [1.82, 2.24) is 30.4 Å². The van der Waals surface area contributed by atoms with E-state index < -0.39 is 46.9 Å². The number of fused-ring (bicyclic) bond motifs is 1. The molecule has 3 heterocycles. The number of amides is 2. The van der Waals surface area contributed by atoms with Crippen LogP contribution in [0.1, 0.15) is 33.3 Å². The predicted molar refractivity (Wildman–Crippen MR) is 155 cm³/mol. The number of thioether (sulfide) groups is 2. The molecular weight excluding hydrogens is 626 g/mol. The van der Waals surface area contributed by atoms with E-state index in [0.717, 1.165) is 4.90 Å². The van der Waals surface area contributed by atoms with Gasteiger partial charge >= 0.3 is 11.9 Å². The van der Waals surface area contributed by atoms with Crippen LogP contribution in [0.5, 0.6) is 5.75 Å². The summed E-state index contributed by atoms with van der Waals surface area (Å²) in [6.45, 7) is 6.44. The SMILES string of the molecule is CC(O/N=C(/C(=O)NC1C(=O)N2C(C(=O)O)=C(CSc3nnnn3C)CSC12)c1ccc(O)c(Cl)c1)C(=O)OC(C)(C)C. The number of tetrazole rings is 1. The molecule has 43 heavy (non-hydrogen) atoms. The number of aromatic hydroxyl groups is 1. The van der Waals surface area contributed by atoms with Crippen molar-refractivity contribution in [3.05, 3.63) is 40.1 Å². The van der Waals surface area contributed by atoms with Crippen molar-refractivity contribution in [2.45, 2.75) is 56.0 Å². The molecule has 3 unspecified atom stereocenters. The van der Waals surface area contributed by atoms with Crippen LogP contribution in [0, 0.1) is 0 Å². The number of hydrogen-bond donors (Lipinski definition) is 3. The van der Waals surface area contributed by atoms with Gasteiger partial charge in [-0.2, -0.15) is 0 Å². The van der Waals surface area contributed by atoms with E-state index in [9.17, 15) is 29.4 Å². The van der Waals surface area contributed by atoms with Gasteiger partial charge in [0.05, 0.1) is 5.02 Å². The van der Waals surface area contributed by atoms with E-state index in [1.807, 2.05) is 0 Å². The summed E-state index contributed by atoms with van der Waals surface area (Å²) in [5.74, 6) is -3.20. The van der Waals surface area contributed by atoms with Gasteiger partial charge in [-0.15, -0.1) is 16.9 Å². The summed E-state index contributed by atoms with van der Waals surface area (Å²) >= 11 is 8.56. The number of β-lactam (4-membered cyclic amide) rings is 1. The minimum atomic E-state index is -1.28. The number of benzene rings is 1. The number of carboxylic acids is 1. The lowest BCUT2D eigenvalue weighted by Gasteiger charge is -2.49. The summed E-state index contributed by atoms with van der Waals surface area (Å²) in [5.41, 5.74) is -0.653. The summed E-state index contributed by atoms with van der Waals surface area (Å²) in [4.78, 5) is 57.6. The van der Waals surface area contributed by atoms with Crippen molar-refractivity contribution in [1.29, 1.82) is 0 Å². The van der Waals surface area contributed by atoms with Gasteiger partial charge in [0.1, 0.15) is 28.5 Å². The molecule has 0 saturated carbocycles. The third kappa shape index (κ3) is 7.22. The molecule has 1 aromatic carbocycles. The highest BCUT2D eigenvalue weighted by Gasteiger charge is 2.54. The van der Waals surface area contributed by atoms with E-state index in [0.29, 0.717) is 10.7 Å². The van der Waals surface area contributed by atoms with Gasteiger partial charge in [-0.3, -0.25) is 14.5 Å². The average molecular weight is 654 g/mol. The van der Waals surface area contributed by atoms with E-state index in [4.69, 9.17) is 21.2 Å². The monoisotopic (exact) mass is 653 g/mol. The molecule has 0 radical (unpaired) electrons. The van der Waals surface area contributed by atoms with E-state index >= 15 is 0 Å². The molecule has 18 heteroatoms. The number of carboxylic acid groups (broad SMARTS) is 1. The van der Waals surface area contributed by atoms with Gasteiger partial charge in [-0.25, -0.2) is 14.3 Å². The summed E-state index contributed by atoms with van der Waals surface area (Å²) in [6, 6.07) is 2.78. The van der Waals surface area contributed by atoms with E-state index in [2.05, 4.69) is 26.0 Å². The maximum absolute atomic E-state index is 13.4. The van der Waals surface area contributed by atoms with Crippen molar-refractivity contribution >= 4 is 64.6 Å². The van der Waals surface area contributed by atoms with E-state index in [1.165, 1.54) is 53.3 Å². The Morgan fingerprint density at radius 3 is 2.65 bits per heavy atom. The van der Waals surface area contributed by atoms with Crippen molar-refractivity contribution in [3.8, 4) is 5.75 Å². The van der Waals surface area contributed by atoms with Crippen LogP contribution < -0.4 is 5.32 Å². The fourth-order valence-electron chi connectivity index (χ4n) is 3.94. The van der Waals surface area contributed by atoms with Crippen LogP contribution in [-0.2, 0) is 35.8 Å². The third-order valence-corrected chi connectivity index (χ3v) is 8.71. The number of oxime groups is 1. The fourth-order valence-corrected chi connectivity index (χ4v) is 6.45. The van der Waals surface area contributed by atoms with Gasteiger partial charge in [-0.05, 0) is 61.9 Å². The molecule has 2 aliphatic rings. The molecule has 1 fully saturated rings.